The van der Waals surface area contributed by atoms with Gasteiger partial charge in [-0.15, -0.1) is 0 Å². The van der Waals surface area contributed by atoms with Crippen molar-refractivity contribution in [2.75, 3.05) is 38.0 Å². The second-order valence-electron chi connectivity index (χ2n) is 11.5. The van der Waals surface area contributed by atoms with Gasteiger partial charge in [-0.2, -0.15) is 4.31 Å². The topological polar surface area (TPSA) is 78.4 Å². The minimum atomic E-state index is -3.54. The molecule has 0 radical (unpaired) electrons. The lowest BCUT2D eigenvalue weighted by Crippen LogP contribution is -2.49. The lowest BCUT2D eigenvalue weighted by atomic mass is 9.87. The van der Waals surface area contributed by atoms with Crippen LogP contribution in [-0.2, 0) is 21.9 Å². The van der Waals surface area contributed by atoms with Crippen molar-refractivity contribution in [2.45, 2.75) is 50.5 Å². The molecule has 0 saturated carbocycles. The van der Waals surface area contributed by atoms with Crippen LogP contribution in [0, 0.1) is 0 Å². The van der Waals surface area contributed by atoms with Gasteiger partial charge in [0.05, 0.1) is 16.5 Å². The van der Waals surface area contributed by atoms with Crippen LogP contribution in [0.4, 0.5) is 5.82 Å². The summed E-state index contributed by atoms with van der Waals surface area (Å²) in [6, 6.07) is 25.8. The number of hydrogen-bond donors (Lipinski definition) is 1. The quantitative estimate of drug-likeness (QED) is 0.302. The number of nitrogens with one attached hydrogen (secondary N) is 1. The smallest absolute Gasteiger partial charge is 0.243 e. The monoisotopic (exact) mass is 557 g/mol. The fraction of sp³-hybridized carbons (Fsp3) is 0.375. The van der Waals surface area contributed by atoms with E-state index in [0.717, 1.165) is 41.1 Å². The fourth-order valence-electron chi connectivity index (χ4n) is 5.16. The maximum atomic E-state index is 13.4. The molecular weight excluding hydrogens is 518 g/mol. The molecule has 7 nitrogen and oxygen atoms in total. The summed E-state index contributed by atoms with van der Waals surface area (Å²) in [6.45, 7) is 11.4. The van der Waals surface area contributed by atoms with Crippen LogP contribution in [0.25, 0.3) is 10.9 Å². The number of rotatable bonds is 8. The van der Waals surface area contributed by atoms with Gasteiger partial charge >= 0.3 is 0 Å². The normalized spacial score (nSPS) is 16.2. The van der Waals surface area contributed by atoms with Crippen LogP contribution < -0.4 is 5.32 Å². The van der Waals surface area contributed by atoms with E-state index in [-0.39, 0.29) is 11.5 Å². The Kier molecular flexibility index (Phi) is 8.21. The average molecular weight is 558 g/mol. The van der Waals surface area contributed by atoms with E-state index >= 15 is 0 Å². The van der Waals surface area contributed by atoms with Crippen molar-refractivity contribution in [1.29, 1.82) is 0 Å². The zero-order chi connectivity index (χ0) is 28.3. The molecule has 0 amide bonds. The highest BCUT2D eigenvalue weighted by molar-refractivity contribution is 7.89. The van der Waals surface area contributed by atoms with Crippen LogP contribution in [0.3, 0.4) is 0 Å². The Bertz CT molecular complexity index is 1540. The van der Waals surface area contributed by atoms with Gasteiger partial charge in [0.1, 0.15) is 11.6 Å². The van der Waals surface area contributed by atoms with E-state index in [2.05, 4.69) is 62.2 Å². The summed E-state index contributed by atoms with van der Waals surface area (Å²) in [6.07, 6.45) is 0.902. The van der Waals surface area contributed by atoms with Gasteiger partial charge in [-0.3, -0.25) is 4.90 Å². The standard InChI is InChI=1S/C32H39N5O2S/c1-24(36-20-22-37(23-21-36)40(38,39)27-16-14-26(15-17-27)32(2,3)4)30-34-29-13-9-8-12-28(29)31(35-30)33-19-18-25-10-6-5-7-11-25/h5-17,24H,18-23H2,1-4H3,(H,33,34,35). The van der Waals surface area contributed by atoms with Gasteiger partial charge in [0.15, 0.2) is 0 Å². The van der Waals surface area contributed by atoms with Gasteiger partial charge in [0.2, 0.25) is 10.0 Å². The van der Waals surface area contributed by atoms with Crippen LogP contribution in [-0.4, -0.2) is 60.3 Å². The Labute approximate surface area is 238 Å². The lowest BCUT2D eigenvalue weighted by molar-refractivity contribution is 0.141. The van der Waals surface area contributed by atoms with Crippen molar-refractivity contribution in [1.82, 2.24) is 19.2 Å². The van der Waals surface area contributed by atoms with Crippen LogP contribution in [0.1, 0.15) is 50.7 Å². The Morgan fingerprint density at radius 3 is 2.17 bits per heavy atom. The molecule has 1 unspecified atom stereocenters. The molecule has 1 fully saturated rings. The molecule has 8 heteroatoms. The molecule has 1 atom stereocenters. The number of fused-ring (bicyclic) bond motifs is 1. The predicted molar refractivity (Wildman–Crippen MR) is 162 cm³/mol. The maximum Gasteiger partial charge on any atom is 0.243 e. The van der Waals surface area contributed by atoms with E-state index in [4.69, 9.17) is 9.97 Å². The number of piperazine rings is 1. The SMILES string of the molecule is CC(c1nc(NCCc2ccccc2)c2ccccc2n1)N1CCN(S(=O)(=O)c2ccc(C(C)(C)C)cc2)CC1. The van der Waals surface area contributed by atoms with E-state index in [9.17, 15) is 8.42 Å². The molecule has 1 N–H and O–H groups in total. The van der Waals surface area contributed by atoms with Gasteiger partial charge in [0.25, 0.3) is 0 Å². The van der Waals surface area contributed by atoms with Crippen molar-refractivity contribution >= 4 is 26.7 Å². The number of anilines is 1. The molecule has 2 heterocycles. The van der Waals surface area contributed by atoms with Crippen LogP contribution >= 0.6 is 0 Å². The van der Waals surface area contributed by atoms with E-state index in [0.29, 0.717) is 31.1 Å². The zero-order valence-electron chi connectivity index (χ0n) is 23.8. The largest absolute Gasteiger partial charge is 0.369 e. The molecule has 210 valence electrons. The highest BCUT2D eigenvalue weighted by Crippen LogP contribution is 2.28. The fourth-order valence-corrected chi connectivity index (χ4v) is 6.58. The Morgan fingerprint density at radius 1 is 0.850 bits per heavy atom. The minimum absolute atomic E-state index is 0.0217. The number of aromatic nitrogens is 2. The third-order valence-corrected chi connectivity index (χ3v) is 9.64. The van der Waals surface area contributed by atoms with E-state index in [1.165, 1.54) is 5.56 Å². The van der Waals surface area contributed by atoms with Crippen molar-refractivity contribution in [3.63, 3.8) is 0 Å². The predicted octanol–water partition coefficient (Wildman–Crippen LogP) is 5.65. The molecule has 1 aliphatic heterocycles. The van der Waals surface area contributed by atoms with Crippen LogP contribution in [0.5, 0.6) is 0 Å². The van der Waals surface area contributed by atoms with Gasteiger partial charge < -0.3 is 5.32 Å². The molecule has 4 aromatic rings. The number of nitrogens with zero attached hydrogens (tertiary/aromatic N) is 4. The summed E-state index contributed by atoms with van der Waals surface area (Å²) >= 11 is 0. The third-order valence-electron chi connectivity index (χ3n) is 7.72. The second-order valence-corrected chi connectivity index (χ2v) is 13.4. The first-order chi connectivity index (χ1) is 19.1. The Morgan fingerprint density at radius 2 is 1.50 bits per heavy atom. The molecule has 3 aromatic carbocycles. The average Bonchev–Trinajstić information content (AvgIpc) is 2.97. The number of sulfonamides is 1. The third kappa shape index (κ3) is 6.19. The first kappa shape index (κ1) is 28.2. The number of para-hydroxylation sites is 1. The maximum absolute atomic E-state index is 13.4. The molecule has 1 aromatic heterocycles. The minimum Gasteiger partial charge on any atom is -0.369 e. The highest BCUT2D eigenvalue weighted by Gasteiger charge is 2.31. The van der Waals surface area contributed by atoms with Crippen molar-refractivity contribution in [3.05, 3.63) is 95.8 Å². The first-order valence-corrected chi connectivity index (χ1v) is 15.5. The molecule has 0 aliphatic carbocycles. The molecule has 0 spiro atoms. The first-order valence-electron chi connectivity index (χ1n) is 14.0. The van der Waals surface area contributed by atoms with Gasteiger partial charge in [-0.05, 0) is 54.2 Å². The Balaban J connectivity index is 1.27. The molecule has 5 rings (SSSR count). The molecule has 1 aliphatic rings. The van der Waals surface area contributed by atoms with Gasteiger partial charge in [-0.25, -0.2) is 18.4 Å². The van der Waals surface area contributed by atoms with Crippen molar-refractivity contribution in [3.8, 4) is 0 Å². The summed E-state index contributed by atoms with van der Waals surface area (Å²) in [5.74, 6) is 1.58. The number of hydrogen-bond acceptors (Lipinski definition) is 6. The van der Waals surface area contributed by atoms with Gasteiger partial charge in [-0.1, -0.05) is 75.4 Å². The van der Waals surface area contributed by atoms with E-state index in [1.807, 2.05) is 42.5 Å². The Hall–Kier alpha value is -3.33. The summed E-state index contributed by atoms with van der Waals surface area (Å²) in [7, 11) is -3.54. The molecule has 0 bridgehead atoms. The second kappa shape index (κ2) is 11.6. The summed E-state index contributed by atoms with van der Waals surface area (Å²) in [4.78, 5) is 12.5. The summed E-state index contributed by atoms with van der Waals surface area (Å²) < 4.78 is 28.3. The molecule has 40 heavy (non-hydrogen) atoms. The van der Waals surface area contributed by atoms with Gasteiger partial charge in [0, 0.05) is 38.1 Å². The molecule has 1 saturated heterocycles. The van der Waals surface area contributed by atoms with Crippen LogP contribution in [0.15, 0.2) is 83.8 Å². The highest BCUT2D eigenvalue weighted by atomic mass is 32.2. The summed E-state index contributed by atoms with van der Waals surface area (Å²) in [5, 5.41) is 4.54. The number of benzene rings is 3. The van der Waals surface area contributed by atoms with Crippen molar-refractivity contribution in [2.24, 2.45) is 0 Å². The van der Waals surface area contributed by atoms with Crippen molar-refractivity contribution < 1.29 is 8.42 Å². The lowest BCUT2D eigenvalue weighted by Gasteiger charge is -2.37. The zero-order valence-corrected chi connectivity index (χ0v) is 24.7. The summed E-state index contributed by atoms with van der Waals surface area (Å²) in [5.41, 5.74) is 3.28. The van der Waals surface area contributed by atoms with E-state index < -0.39 is 10.0 Å². The molecular formula is C32H39N5O2S. The van der Waals surface area contributed by atoms with Crippen LogP contribution in [0.2, 0.25) is 0 Å². The van der Waals surface area contributed by atoms with E-state index in [1.54, 1.807) is 16.4 Å².